The molecular weight excluding hydrogens is 406 g/mol. The fourth-order valence-corrected chi connectivity index (χ4v) is 3.05. The van der Waals surface area contributed by atoms with Crippen molar-refractivity contribution in [2.45, 2.75) is 26.5 Å². The van der Waals surface area contributed by atoms with Gasteiger partial charge in [-0.2, -0.15) is 0 Å². The Hall–Kier alpha value is -4.21. The fourth-order valence-electron chi connectivity index (χ4n) is 3.05. The van der Waals surface area contributed by atoms with Crippen LogP contribution in [-0.4, -0.2) is 39.9 Å². The van der Waals surface area contributed by atoms with E-state index in [1.807, 2.05) is 0 Å². The maximum atomic E-state index is 12.7. The second-order valence-corrected chi connectivity index (χ2v) is 6.90. The van der Waals surface area contributed by atoms with Crippen molar-refractivity contribution in [3.8, 4) is 0 Å². The second kappa shape index (κ2) is 7.90. The lowest BCUT2D eigenvalue weighted by molar-refractivity contribution is -0.123. The van der Waals surface area contributed by atoms with Gasteiger partial charge in [0, 0.05) is 6.07 Å². The van der Waals surface area contributed by atoms with E-state index < -0.39 is 29.8 Å². The molecule has 0 bridgehead atoms. The van der Waals surface area contributed by atoms with Gasteiger partial charge in [0.25, 0.3) is 17.7 Å². The number of hydrogen-bond acceptors (Lipinski definition) is 8. The minimum absolute atomic E-state index is 0.0160. The molecule has 0 spiro atoms. The van der Waals surface area contributed by atoms with Crippen LogP contribution in [0.5, 0.6) is 0 Å². The minimum Gasteiger partial charge on any atom is -0.467 e. The number of hydrogen-bond donors (Lipinski definition) is 1. The summed E-state index contributed by atoms with van der Waals surface area (Å²) in [5.41, 5.74) is 0.304. The van der Waals surface area contributed by atoms with E-state index in [9.17, 15) is 19.2 Å². The number of amides is 3. The van der Waals surface area contributed by atoms with E-state index in [0.717, 1.165) is 4.90 Å². The summed E-state index contributed by atoms with van der Waals surface area (Å²) in [5.74, 6) is -1.27. The van der Waals surface area contributed by atoms with Crippen LogP contribution in [0, 0.1) is 6.92 Å². The highest BCUT2D eigenvalue weighted by Crippen LogP contribution is 2.26. The van der Waals surface area contributed by atoms with Crippen molar-refractivity contribution in [2.75, 3.05) is 5.32 Å². The van der Waals surface area contributed by atoms with Crippen LogP contribution in [0.2, 0.25) is 0 Å². The van der Waals surface area contributed by atoms with E-state index in [2.05, 4.69) is 10.5 Å². The Bertz CT molecular complexity index is 1180. The molecule has 3 heterocycles. The molecule has 31 heavy (non-hydrogen) atoms. The zero-order valence-corrected chi connectivity index (χ0v) is 16.6. The van der Waals surface area contributed by atoms with Crippen LogP contribution in [-0.2, 0) is 16.1 Å². The van der Waals surface area contributed by atoms with Gasteiger partial charge in [-0.15, -0.1) is 0 Å². The molecule has 3 amide bonds. The Morgan fingerprint density at radius 1 is 1.16 bits per heavy atom. The lowest BCUT2D eigenvalue weighted by Crippen LogP contribution is -2.30. The van der Waals surface area contributed by atoms with Crippen molar-refractivity contribution in [2.24, 2.45) is 0 Å². The van der Waals surface area contributed by atoms with Crippen molar-refractivity contribution in [1.29, 1.82) is 0 Å². The van der Waals surface area contributed by atoms with Crippen molar-refractivity contribution >= 4 is 29.5 Å². The number of furan rings is 1. The molecule has 0 fully saturated rings. The number of aryl methyl sites for hydroxylation is 1. The third kappa shape index (κ3) is 3.95. The molecule has 0 aliphatic carbocycles. The van der Waals surface area contributed by atoms with Crippen molar-refractivity contribution in [1.82, 2.24) is 10.1 Å². The number of fused-ring (bicyclic) bond motifs is 1. The maximum absolute atomic E-state index is 12.7. The van der Waals surface area contributed by atoms with E-state index in [1.165, 1.54) is 37.5 Å². The van der Waals surface area contributed by atoms with Gasteiger partial charge < -0.3 is 19.0 Å². The lowest BCUT2D eigenvalue weighted by Gasteiger charge is -2.12. The summed E-state index contributed by atoms with van der Waals surface area (Å²) >= 11 is 0. The molecular formula is C21H17N3O7. The number of imide groups is 1. The lowest BCUT2D eigenvalue weighted by atomic mass is 10.1. The van der Waals surface area contributed by atoms with E-state index in [-0.39, 0.29) is 29.1 Å². The molecule has 3 aromatic rings. The molecule has 4 rings (SSSR count). The molecule has 1 aliphatic rings. The SMILES string of the molecule is Cc1cc(NC(=O)[C@@H](C)OC(=O)c2ccc3c(c2)C(=O)N(Cc2ccco2)C3=O)no1. The summed E-state index contributed by atoms with van der Waals surface area (Å²) < 4.78 is 15.2. The molecule has 0 unspecified atom stereocenters. The Kier molecular flexibility index (Phi) is 5.12. The van der Waals surface area contributed by atoms with Crippen LogP contribution in [0.25, 0.3) is 0 Å². The number of aromatic nitrogens is 1. The number of nitrogens with one attached hydrogen (secondary N) is 1. The smallest absolute Gasteiger partial charge is 0.338 e. The number of rotatable bonds is 6. The summed E-state index contributed by atoms with van der Waals surface area (Å²) in [6.45, 7) is 3.05. The second-order valence-electron chi connectivity index (χ2n) is 6.90. The van der Waals surface area contributed by atoms with Crippen molar-refractivity contribution in [3.05, 3.63) is 70.9 Å². The van der Waals surface area contributed by atoms with E-state index in [1.54, 1.807) is 19.1 Å². The molecule has 0 saturated carbocycles. The highest BCUT2D eigenvalue weighted by Gasteiger charge is 2.36. The number of ether oxygens (including phenoxy) is 1. The molecule has 1 aromatic carbocycles. The Morgan fingerprint density at radius 3 is 2.61 bits per heavy atom. The minimum atomic E-state index is -1.13. The average Bonchev–Trinajstić information content (AvgIpc) is 3.46. The zero-order chi connectivity index (χ0) is 22.1. The summed E-state index contributed by atoms with van der Waals surface area (Å²) in [6.07, 6.45) is 0.313. The molecule has 1 atom stereocenters. The third-order valence-corrected chi connectivity index (χ3v) is 4.63. The Labute approximate surface area is 175 Å². The van der Waals surface area contributed by atoms with Gasteiger partial charge in [0.15, 0.2) is 11.9 Å². The van der Waals surface area contributed by atoms with Gasteiger partial charge in [0.2, 0.25) is 0 Å². The molecule has 0 saturated heterocycles. The highest BCUT2D eigenvalue weighted by atomic mass is 16.5. The third-order valence-electron chi connectivity index (χ3n) is 4.63. The first kappa shape index (κ1) is 20.1. The number of nitrogens with zero attached hydrogens (tertiary/aromatic N) is 2. The average molecular weight is 423 g/mol. The summed E-state index contributed by atoms with van der Waals surface area (Å²) in [5, 5.41) is 6.10. The molecule has 0 radical (unpaired) electrons. The predicted molar refractivity (Wildman–Crippen MR) is 104 cm³/mol. The van der Waals surface area contributed by atoms with Gasteiger partial charge in [-0.1, -0.05) is 5.16 Å². The van der Waals surface area contributed by atoms with Gasteiger partial charge in [-0.3, -0.25) is 19.3 Å². The van der Waals surface area contributed by atoms with E-state index in [0.29, 0.717) is 11.5 Å². The van der Waals surface area contributed by atoms with Crippen LogP contribution >= 0.6 is 0 Å². The van der Waals surface area contributed by atoms with Crippen molar-refractivity contribution < 1.29 is 32.9 Å². The largest absolute Gasteiger partial charge is 0.467 e. The summed E-state index contributed by atoms with van der Waals surface area (Å²) in [6, 6.07) is 8.86. The number of benzene rings is 1. The first-order valence-electron chi connectivity index (χ1n) is 9.31. The first-order chi connectivity index (χ1) is 14.8. The monoisotopic (exact) mass is 423 g/mol. The Morgan fingerprint density at radius 2 is 1.94 bits per heavy atom. The quantitative estimate of drug-likeness (QED) is 0.473. The Balaban J connectivity index is 1.45. The van der Waals surface area contributed by atoms with Crippen LogP contribution in [0.3, 0.4) is 0 Å². The van der Waals surface area contributed by atoms with Gasteiger partial charge in [-0.25, -0.2) is 4.79 Å². The summed E-state index contributed by atoms with van der Waals surface area (Å²) in [4.78, 5) is 50.9. The van der Waals surface area contributed by atoms with Crippen LogP contribution in [0.1, 0.15) is 49.5 Å². The first-order valence-corrected chi connectivity index (χ1v) is 9.31. The van der Waals surface area contributed by atoms with Crippen LogP contribution in [0.15, 0.2) is 51.6 Å². The molecule has 10 nitrogen and oxygen atoms in total. The summed E-state index contributed by atoms with van der Waals surface area (Å²) in [7, 11) is 0. The number of carbonyl (C=O) groups is 4. The number of carbonyl (C=O) groups excluding carboxylic acids is 4. The normalized spacial score (nSPS) is 13.8. The molecule has 158 valence electrons. The van der Waals surface area contributed by atoms with Crippen LogP contribution in [0.4, 0.5) is 5.82 Å². The van der Waals surface area contributed by atoms with E-state index >= 15 is 0 Å². The molecule has 2 aromatic heterocycles. The number of anilines is 1. The van der Waals surface area contributed by atoms with Crippen LogP contribution < -0.4 is 5.32 Å². The van der Waals surface area contributed by atoms with E-state index in [4.69, 9.17) is 13.7 Å². The molecule has 10 heteroatoms. The van der Waals surface area contributed by atoms with Gasteiger partial charge >= 0.3 is 5.97 Å². The van der Waals surface area contributed by atoms with Gasteiger partial charge in [0.1, 0.15) is 11.5 Å². The molecule has 1 aliphatic heterocycles. The standard InChI is InChI=1S/C21H17N3O7/c1-11-8-17(23-31-11)22-18(25)12(2)30-21(28)13-5-6-15-16(9-13)20(27)24(19(15)26)10-14-4-3-7-29-14/h3-9,12H,10H2,1-2H3,(H,22,23,25)/t12-/m1/s1. The predicted octanol–water partition coefficient (Wildman–Crippen LogP) is 2.56. The van der Waals surface area contributed by atoms with Gasteiger partial charge in [0.05, 0.1) is 29.5 Å². The fraction of sp³-hybridized carbons (Fsp3) is 0.190. The number of esters is 1. The topological polar surface area (TPSA) is 132 Å². The van der Waals surface area contributed by atoms with Gasteiger partial charge in [-0.05, 0) is 44.2 Å². The highest BCUT2D eigenvalue weighted by molar-refractivity contribution is 6.21. The van der Waals surface area contributed by atoms with Crippen molar-refractivity contribution in [3.63, 3.8) is 0 Å². The molecule has 1 N–H and O–H groups in total. The maximum Gasteiger partial charge on any atom is 0.338 e. The zero-order valence-electron chi connectivity index (χ0n) is 16.6.